The smallest absolute Gasteiger partial charge is 0.115 e. The summed E-state index contributed by atoms with van der Waals surface area (Å²) in [4.78, 5) is 0. The molecule has 5 N–H and O–H groups in total. The maximum Gasteiger partial charge on any atom is 0.115 e. The van der Waals surface area contributed by atoms with Gasteiger partial charge in [-0.05, 0) is 24.8 Å². The topological polar surface area (TPSA) is 64.1 Å². The lowest BCUT2D eigenvalue weighted by atomic mass is 10.1. The maximum absolute atomic E-state index is 5.56. The Morgan fingerprint density at radius 3 is 2.78 bits per heavy atom. The minimum Gasteiger partial charge on any atom is -0.399 e. The normalized spacial score (nSPS) is 26.2. The molecule has 1 heterocycles. The molecule has 0 aliphatic carbocycles. The van der Waals surface area contributed by atoms with E-state index < -0.39 is 0 Å². The van der Waals surface area contributed by atoms with E-state index in [-0.39, 0.29) is 6.17 Å². The molecule has 1 aliphatic rings. The molecule has 1 aliphatic heterocycles. The Hall–Kier alpha value is -0.960. The first kappa shape index (κ1) is 6.16. The zero-order chi connectivity index (χ0) is 6.85. The molecule has 0 bridgehead atoms. The Labute approximate surface area is 54.4 Å². The van der Waals surface area contributed by atoms with Crippen molar-refractivity contribution in [2.24, 2.45) is 11.5 Å². The summed E-state index contributed by atoms with van der Waals surface area (Å²) in [5.74, 6) is 0. The van der Waals surface area contributed by atoms with Crippen molar-refractivity contribution in [1.82, 2.24) is 5.32 Å². The molecular formula is C6H11N3. The van der Waals surface area contributed by atoms with Gasteiger partial charge in [0.25, 0.3) is 0 Å². The molecule has 3 nitrogen and oxygen atoms in total. The second-order valence-corrected chi connectivity index (χ2v) is 2.12. The van der Waals surface area contributed by atoms with Crippen molar-refractivity contribution >= 4 is 0 Å². The van der Waals surface area contributed by atoms with Crippen LogP contribution in [0.5, 0.6) is 0 Å². The van der Waals surface area contributed by atoms with Crippen LogP contribution in [-0.4, -0.2) is 6.17 Å². The van der Waals surface area contributed by atoms with Crippen molar-refractivity contribution in [2.75, 3.05) is 0 Å². The van der Waals surface area contributed by atoms with E-state index in [2.05, 4.69) is 5.32 Å². The van der Waals surface area contributed by atoms with Gasteiger partial charge in [0, 0.05) is 5.70 Å². The largest absolute Gasteiger partial charge is 0.399 e. The predicted molar refractivity (Wildman–Crippen MR) is 37.1 cm³/mol. The molecule has 3 heteroatoms. The molecule has 0 aromatic heterocycles. The molecule has 9 heavy (non-hydrogen) atoms. The third-order valence-corrected chi connectivity index (χ3v) is 1.40. The first-order chi connectivity index (χ1) is 4.22. The van der Waals surface area contributed by atoms with Crippen molar-refractivity contribution < 1.29 is 0 Å². The van der Waals surface area contributed by atoms with Gasteiger partial charge in [0.2, 0.25) is 0 Å². The van der Waals surface area contributed by atoms with Crippen LogP contribution in [0.1, 0.15) is 6.92 Å². The van der Waals surface area contributed by atoms with Gasteiger partial charge in [-0.25, -0.2) is 0 Å². The van der Waals surface area contributed by atoms with Crippen LogP contribution >= 0.6 is 0 Å². The Kier molecular flexibility index (Phi) is 1.44. The summed E-state index contributed by atoms with van der Waals surface area (Å²) in [5.41, 5.74) is 12.8. The molecule has 0 amide bonds. The summed E-state index contributed by atoms with van der Waals surface area (Å²) >= 11 is 0. The van der Waals surface area contributed by atoms with Crippen LogP contribution in [0.3, 0.4) is 0 Å². The summed E-state index contributed by atoms with van der Waals surface area (Å²) in [6.07, 6.45) is 3.50. The van der Waals surface area contributed by atoms with E-state index in [1.165, 1.54) is 0 Å². The van der Waals surface area contributed by atoms with E-state index >= 15 is 0 Å². The second-order valence-electron chi connectivity index (χ2n) is 2.12. The van der Waals surface area contributed by atoms with Crippen LogP contribution in [0, 0.1) is 0 Å². The van der Waals surface area contributed by atoms with Gasteiger partial charge in [-0.2, -0.15) is 0 Å². The summed E-state index contributed by atoms with van der Waals surface area (Å²) in [5, 5.41) is 2.88. The summed E-state index contributed by atoms with van der Waals surface area (Å²) in [6.45, 7) is 1.94. The lowest BCUT2D eigenvalue weighted by Gasteiger charge is -2.17. The van der Waals surface area contributed by atoms with Gasteiger partial charge in [0.05, 0.1) is 0 Å². The molecular weight excluding hydrogens is 114 g/mol. The molecule has 0 aromatic rings. The second kappa shape index (κ2) is 2.11. The Balaban J connectivity index is 2.83. The molecule has 50 valence electrons. The van der Waals surface area contributed by atoms with Gasteiger partial charge in [-0.3, -0.25) is 0 Å². The number of rotatable bonds is 0. The van der Waals surface area contributed by atoms with Gasteiger partial charge in [0.15, 0.2) is 0 Å². The van der Waals surface area contributed by atoms with Gasteiger partial charge in [0.1, 0.15) is 6.17 Å². The highest BCUT2D eigenvalue weighted by atomic mass is 15.0. The number of hydrogen-bond donors (Lipinski definition) is 3. The first-order valence-electron chi connectivity index (χ1n) is 2.86. The van der Waals surface area contributed by atoms with E-state index in [9.17, 15) is 0 Å². The lowest BCUT2D eigenvalue weighted by molar-refractivity contribution is 0.671. The Morgan fingerprint density at radius 2 is 2.33 bits per heavy atom. The molecule has 0 saturated carbocycles. The zero-order valence-corrected chi connectivity index (χ0v) is 5.39. The fourth-order valence-electron chi connectivity index (χ4n) is 0.708. The van der Waals surface area contributed by atoms with Crippen LogP contribution < -0.4 is 16.8 Å². The summed E-state index contributed by atoms with van der Waals surface area (Å²) in [6, 6.07) is 0. The SMILES string of the molecule is CC1=C(N)C(N)NC=C1. The number of nitrogens with one attached hydrogen (secondary N) is 1. The average Bonchev–Trinajstić information content (AvgIpc) is 1.83. The van der Waals surface area contributed by atoms with E-state index in [1.54, 1.807) is 6.20 Å². The molecule has 0 radical (unpaired) electrons. The Morgan fingerprint density at radius 1 is 1.67 bits per heavy atom. The van der Waals surface area contributed by atoms with Gasteiger partial charge in [-0.1, -0.05) is 0 Å². The van der Waals surface area contributed by atoms with Crippen molar-refractivity contribution in [1.29, 1.82) is 0 Å². The molecule has 0 saturated heterocycles. The van der Waals surface area contributed by atoms with Crippen molar-refractivity contribution in [3.63, 3.8) is 0 Å². The molecule has 0 fully saturated rings. The van der Waals surface area contributed by atoms with Crippen LogP contribution in [0.4, 0.5) is 0 Å². The van der Waals surface area contributed by atoms with E-state index in [0.717, 1.165) is 11.3 Å². The van der Waals surface area contributed by atoms with Crippen LogP contribution in [0.2, 0.25) is 0 Å². The highest BCUT2D eigenvalue weighted by Crippen LogP contribution is 2.04. The third kappa shape index (κ3) is 1.05. The highest BCUT2D eigenvalue weighted by Gasteiger charge is 2.07. The minimum absolute atomic E-state index is 0.199. The highest BCUT2D eigenvalue weighted by molar-refractivity contribution is 5.28. The molecule has 1 rings (SSSR count). The van der Waals surface area contributed by atoms with Gasteiger partial charge >= 0.3 is 0 Å². The quantitative estimate of drug-likeness (QED) is 0.413. The summed E-state index contributed by atoms with van der Waals surface area (Å²) < 4.78 is 0. The summed E-state index contributed by atoms with van der Waals surface area (Å²) in [7, 11) is 0. The number of hydrogen-bond acceptors (Lipinski definition) is 3. The monoisotopic (exact) mass is 125 g/mol. The van der Waals surface area contributed by atoms with Gasteiger partial charge < -0.3 is 16.8 Å². The number of nitrogens with two attached hydrogens (primary N) is 2. The average molecular weight is 125 g/mol. The minimum atomic E-state index is -0.199. The fraction of sp³-hybridized carbons (Fsp3) is 0.333. The molecule has 0 spiro atoms. The lowest BCUT2D eigenvalue weighted by Crippen LogP contribution is -2.41. The van der Waals surface area contributed by atoms with E-state index in [0.29, 0.717) is 0 Å². The maximum atomic E-state index is 5.56. The van der Waals surface area contributed by atoms with Crippen molar-refractivity contribution in [3.8, 4) is 0 Å². The van der Waals surface area contributed by atoms with Crippen LogP contribution in [-0.2, 0) is 0 Å². The number of dihydropyridines is 1. The standard InChI is InChI=1S/C6H11N3/c1-4-2-3-9-6(8)5(4)7/h2-3,6,9H,7-8H2,1H3. The van der Waals surface area contributed by atoms with E-state index in [1.807, 2.05) is 13.0 Å². The van der Waals surface area contributed by atoms with E-state index in [4.69, 9.17) is 11.5 Å². The molecule has 1 unspecified atom stereocenters. The van der Waals surface area contributed by atoms with Crippen molar-refractivity contribution in [2.45, 2.75) is 13.1 Å². The Bertz CT molecular complexity index is 169. The van der Waals surface area contributed by atoms with Crippen LogP contribution in [0.25, 0.3) is 0 Å². The third-order valence-electron chi connectivity index (χ3n) is 1.40. The predicted octanol–water partition coefficient (Wildman–Crippen LogP) is -0.379. The molecule has 0 aromatic carbocycles. The fourth-order valence-corrected chi connectivity index (χ4v) is 0.708. The van der Waals surface area contributed by atoms with Crippen LogP contribution in [0.15, 0.2) is 23.5 Å². The number of allylic oxidation sites excluding steroid dienone is 2. The zero-order valence-electron chi connectivity index (χ0n) is 5.39. The van der Waals surface area contributed by atoms with Crippen molar-refractivity contribution in [3.05, 3.63) is 23.5 Å². The van der Waals surface area contributed by atoms with Gasteiger partial charge in [-0.15, -0.1) is 0 Å². The first-order valence-corrected chi connectivity index (χ1v) is 2.86. The molecule has 1 atom stereocenters.